The van der Waals surface area contributed by atoms with Crippen LogP contribution in [0.4, 0.5) is 4.39 Å². The van der Waals surface area contributed by atoms with Gasteiger partial charge in [0, 0.05) is 43.7 Å². The van der Waals surface area contributed by atoms with E-state index < -0.39 is 11.4 Å². The molecular formula is C32H37FN4O4. The maximum absolute atomic E-state index is 13.5. The van der Waals surface area contributed by atoms with Crippen LogP contribution >= 0.6 is 0 Å². The van der Waals surface area contributed by atoms with Gasteiger partial charge >= 0.3 is 5.97 Å². The number of likely N-dealkylation sites (tertiary alicyclic amines) is 2. The number of nitrogens with zero attached hydrogens (tertiary/aromatic N) is 4. The quantitative estimate of drug-likeness (QED) is 0.423. The molecule has 216 valence electrons. The normalized spacial score (nSPS) is 21.3. The number of rotatable bonds is 9. The topological polar surface area (TPSA) is 87.9 Å². The number of carbonyl (C=O) groups excluding carboxylic acids is 1. The SMILES string of the molecule is CN1CC2(C1)CN(C(=O)c1cnn(Cc3ccc(F)cc3)c1)C[C@H]2COCc1cccc(C2(C(=O)O)CCCC2)c1. The van der Waals surface area contributed by atoms with Gasteiger partial charge in [0.1, 0.15) is 5.82 Å². The van der Waals surface area contributed by atoms with Crippen molar-refractivity contribution in [2.45, 2.75) is 44.2 Å². The molecule has 9 heteroatoms. The Balaban J connectivity index is 1.09. The number of carbonyl (C=O) groups is 2. The van der Waals surface area contributed by atoms with Crippen molar-refractivity contribution >= 4 is 11.9 Å². The highest BCUT2D eigenvalue weighted by Crippen LogP contribution is 2.44. The van der Waals surface area contributed by atoms with E-state index in [0.717, 1.165) is 42.6 Å². The Morgan fingerprint density at radius 1 is 1.07 bits per heavy atom. The number of ether oxygens (including phenoxy) is 1. The number of carboxylic acids is 1. The molecule has 2 aromatic carbocycles. The van der Waals surface area contributed by atoms with Crippen LogP contribution in [0.25, 0.3) is 0 Å². The maximum atomic E-state index is 13.5. The number of aromatic nitrogens is 2. The number of hydrogen-bond acceptors (Lipinski definition) is 5. The summed E-state index contributed by atoms with van der Waals surface area (Å²) in [6, 6.07) is 14.1. The van der Waals surface area contributed by atoms with Crippen LogP contribution in [0.1, 0.15) is 52.7 Å². The number of halogens is 1. The van der Waals surface area contributed by atoms with Crippen molar-refractivity contribution in [1.82, 2.24) is 19.6 Å². The molecule has 3 aliphatic rings. The fourth-order valence-electron chi connectivity index (χ4n) is 7.21. The predicted molar refractivity (Wildman–Crippen MR) is 151 cm³/mol. The standard InChI is InChI=1S/C32H37FN4O4/c1-35-20-31(21-35)22-36(29(38)25-14-34-37(16-25)15-23-7-9-28(33)10-8-23)17-27(31)19-41-18-24-5-4-6-26(13-24)32(30(39)40)11-2-3-12-32/h4-10,13-14,16,27H,2-3,11-12,15,17-22H2,1H3,(H,39,40)/t27-/m0/s1. The summed E-state index contributed by atoms with van der Waals surface area (Å²) >= 11 is 0. The number of hydrogen-bond donors (Lipinski definition) is 1. The lowest BCUT2D eigenvalue weighted by molar-refractivity contribution is -0.143. The van der Waals surface area contributed by atoms with Crippen molar-refractivity contribution in [1.29, 1.82) is 0 Å². The maximum Gasteiger partial charge on any atom is 0.314 e. The molecule has 1 aliphatic carbocycles. The van der Waals surface area contributed by atoms with Crippen LogP contribution < -0.4 is 0 Å². The van der Waals surface area contributed by atoms with Crippen molar-refractivity contribution in [3.05, 3.63) is 89.0 Å². The molecule has 8 nitrogen and oxygen atoms in total. The van der Waals surface area contributed by atoms with Gasteiger partial charge in [0.15, 0.2) is 0 Å². The van der Waals surface area contributed by atoms with E-state index in [9.17, 15) is 19.1 Å². The van der Waals surface area contributed by atoms with Crippen molar-refractivity contribution < 1.29 is 23.8 Å². The van der Waals surface area contributed by atoms with Gasteiger partial charge in [0.2, 0.25) is 0 Å². The molecule has 1 amide bonds. The highest BCUT2D eigenvalue weighted by atomic mass is 19.1. The molecule has 2 saturated heterocycles. The van der Waals surface area contributed by atoms with Gasteiger partial charge in [-0.15, -0.1) is 0 Å². The van der Waals surface area contributed by atoms with Crippen LogP contribution in [-0.4, -0.2) is 76.4 Å². The lowest BCUT2D eigenvalue weighted by atomic mass is 9.72. The van der Waals surface area contributed by atoms with Crippen LogP contribution in [0.5, 0.6) is 0 Å². The Hall–Kier alpha value is -3.56. The van der Waals surface area contributed by atoms with Crippen LogP contribution in [0.3, 0.4) is 0 Å². The molecular weight excluding hydrogens is 523 g/mol. The molecule has 3 fully saturated rings. The predicted octanol–water partition coefficient (Wildman–Crippen LogP) is 4.19. The molecule has 2 aliphatic heterocycles. The molecule has 1 saturated carbocycles. The zero-order valence-corrected chi connectivity index (χ0v) is 23.5. The van der Waals surface area contributed by atoms with Crippen LogP contribution in [0, 0.1) is 17.2 Å². The molecule has 0 bridgehead atoms. The van der Waals surface area contributed by atoms with Crippen LogP contribution in [0.15, 0.2) is 60.9 Å². The first kappa shape index (κ1) is 27.6. The number of benzene rings is 2. The monoisotopic (exact) mass is 560 g/mol. The molecule has 3 heterocycles. The fourth-order valence-corrected chi connectivity index (χ4v) is 7.21. The zero-order valence-electron chi connectivity index (χ0n) is 23.5. The summed E-state index contributed by atoms with van der Waals surface area (Å²) in [5, 5.41) is 14.4. The fraction of sp³-hybridized carbons (Fsp3) is 0.469. The number of carboxylic acid groups (broad SMARTS) is 1. The number of amides is 1. The van der Waals surface area contributed by atoms with Gasteiger partial charge in [-0.3, -0.25) is 14.3 Å². The molecule has 3 aromatic rings. The molecule has 41 heavy (non-hydrogen) atoms. The van der Waals surface area contributed by atoms with E-state index in [0.29, 0.717) is 51.3 Å². The van der Waals surface area contributed by atoms with E-state index in [1.807, 2.05) is 29.2 Å². The largest absolute Gasteiger partial charge is 0.481 e. The Bertz CT molecular complexity index is 1410. The lowest BCUT2D eigenvalue weighted by Gasteiger charge is -2.49. The van der Waals surface area contributed by atoms with Crippen LogP contribution in [0.2, 0.25) is 0 Å². The van der Waals surface area contributed by atoms with E-state index in [2.05, 4.69) is 17.0 Å². The van der Waals surface area contributed by atoms with Crippen molar-refractivity contribution in [2.24, 2.45) is 11.3 Å². The third kappa shape index (κ3) is 5.40. The van der Waals surface area contributed by atoms with Gasteiger partial charge in [-0.25, -0.2) is 4.39 Å². The summed E-state index contributed by atoms with van der Waals surface area (Å²) in [6.07, 6.45) is 6.61. The van der Waals surface area contributed by atoms with Crippen molar-refractivity contribution in [3.63, 3.8) is 0 Å². The first-order valence-electron chi connectivity index (χ1n) is 14.4. The Kier molecular flexibility index (Phi) is 7.42. The van der Waals surface area contributed by atoms with Crippen molar-refractivity contribution in [3.8, 4) is 0 Å². The summed E-state index contributed by atoms with van der Waals surface area (Å²) in [7, 11) is 2.10. The average Bonchev–Trinajstić information content (AvgIpc) is 3.70. The molecule has 1 N–H and O–H groups in total. The second-order valence-electron chi connectivity index (χ2n) is 12.3. The third-order valence-corrected chi connectivity index (χ3v) is 9.34. The minimum absolute atomic E-state index is 0.00752. The minimum atomic E-state index is -0.782. The molecule has 6 rings (SSSR count). The highest BCUT2D eigenvalue weighted by molar-refractivity contribution is 5.94. The van der Waals surface area contributed by atoms with Gasteiger partial charge in [-0.2, -0.15) is 5.10 Å². The van der Waals surface area contributed by atoms with Gasteiger partial charge in [0.25, 0.3) is 5.91 Å². The third-order valence-electron chi connectivity index (χ3n) is 9.34. The van der Waals surface area contributed by atoms with Gasteiger partial charge < -0.3 is 19.6 Å². The van der Waals surface area contributed by atoms with Crippen molar-refractivity contribution in [2.75, 3.05) is 39.8 Å². The Labute approximate surface area is 239 Å². The highest BCUT2D eigenvalue weighted by Gasteiger charge is 2.54. The first-order valence-corrected chi connectivity index (χ1v) is 14.4. The van der Waals surface area contributed by atoms with Gasteiger partial charge in [0.05, 0.1) is 36.9 Å². The molecule has 1 spiro atoms. The lowest BCUT2D eigenvalue weighted by Crippen LogP contribution is -2.59. The summed E-state index contributed by atoms with van der Waals surface area (Å²) in [5.41, 5.74) is 2.54. The summed E-state index contributed by atoms with van der Waals surface area (Å²) in [5.74, 6) is -0.839. The van der Waals surface area contributed by atoms with E-state index in [-0.39, 0.29) is 23.1 Å². The minimum Gasteiger partial charge on any atom is -0.481 e. The molecule has 0 unspecified atom stereocenters. The first-order chi connectivity index (χ1) is 19.8. The molecule has 1 atom stereocenters. The van der Waals surface area contributed by atoms with E-state index >= 15 is 0 Å². The van der Waals surface area contributed by atoms with E-state index in [4.69, 9.17) is 4.74 Å². The smallest absolute Gasteiger partial charge is 0.314 e. The zero-order chi connectivity index (χ0) is 28.6. The Morgan fingerprint density at radius 3 is 2.54 bits per heavy atom. The number of aliphatic carboxylic acids is 1. The van der Waals surface area contributed by atoms with Gasteiger partial charge in [-0.1, -0.05) is 49.2 Å². The molecule has 1 aromatic heterocycles. The van der Waals surface area contributed by atoms with E-state index in [1.165, 1.54) is 12.1 Å². The Morgan fingerprint density at radius 2 is 1.83 bits per heavy atom. The second kappa shape index (κ2) is 11.0. The summed E-state index contributed by atoms with van der Waals surface area (Å²) in [4.78, 5) is 29.8. The van der Waals surface area contributed by atoms with Gasteiger partial charge in [-0.05, 0) is 48.7 Å². The molecule has 0 radical (unpaired) electrons. The second-order valence-corrected chi connectivity index (χ2v) is 12.3. The summed E-state index contributed by atoms with van der Waals surface area (Å²) in [6.45, 7) is 4.57. The summed E-state index contributed by atoms with van der Waals surface area (Å²) < 4.78 is 21.2. The van der Waals surface area contributed by atoms with E-state index in [1.54, 1.807) is 29.2 Å². The average molecular weight is 561 g/mol. The van der Waals surface area contributed by atoms with Crippen LogP contribution in [-0.2, 0) is 28.1 Å².